The standard InChI is InChI=1S/C18H15N3O3/c1-13-19-18(21(23)24)16(17(22)15-10-6-3-7-11-15)20(13)12-14-8-4-2-5-9-14/h2-11H,12H2,1H3. The number of nitrogens with zero attached hydrogens (tertiary/aromatic N) is 3. The smallest absolute Gasteiger partial charge is 0.358 e. The molecule has 6 nitrogen and oxygen atoms in total. The summed E-state index contributed by atoms with van der Waals surface area (Å²) in [4.78, 5) is 27.6. The van der Waals surface area contributed by atoms with Gasteiger partial charge in [-0.2, -0.15) is 0 Å². The monoisotopic (exact) mass is 321 g/mol. The quantitative estimate of drug-likeness (QED) is 0.410. The molecule has 6 heteroatoms. The number of rotatable bonds is 5. The molecule has 0 saturated carbocycles. The second kappa shape index (κ2) is 6.45. The van der Waals surface area contributed by atoms with Crippen LogP contribution in [0.5, 0.6) is 0 Å². The predicted molar refractivity (Wildman–Crippen MR) is 89.0 cm³/mol. The summed E-state index contributed by atoms with van der Waals surface area (Å²) in [6, 6.07) is 18.0. The maximum atomic E-state index is 12.8. The molecule has 0 bridgehead atoms. The lowest BCUT2D eigenvalue weighted by molar-refractivity contribution is -0.389. The van der Waals surface area contributed by atoms with E-state index in [2.05, 4.69) is 4.98 Å². The van der Waals surface area contributed by atoms with E-state index in [0.717, 1.165) is 5.56 Å². The Hall–Kier alpha value is -3.28. The van der Waals surface area contributed by atoms with Crippen molar-refractivity contribution in [3.05, 3.63) is 93.4 Å². The molecule has 1 aromatic heterocycles. The molecule has 0 fully saturated rings. The minimum atomic E-state index is -0.606. The Kier molecular flexibility index (Phi) is 4.20. The molecule has 3 aromatic rings. The summed E-state index contributed by atoms with van der Waals surface area (Å²) in [6.45, 7) is 2.01. The molecule has 0 aliphatic carbocycles. The van der Waals surface area contributed by atoms with Gasteiger partial charge in [-0.1, -0.05) is 60.7 Å². The molecular formula is C18H15N3O3. The number of hydrogen-bond donors (Lipinski definition) is 0. The van der Waals surface area contributed by atoms with Crippen LogP contribution in [-0.2, 0) is 6.54 Å². The van der Waals surface area contributed by atoms with Crippen LogP contribution in [0.25, 0.3) is 0 Å². The van der Waals surface area contributed by atoms with Gasteiger partial charge in [-0.15, -0.1) is 0 Å². The first-order chi connectivity index (χ1) is 11.6. The molecule has 0 spiro atoms. The first-order valence-corrected chi connectivity index (χ1v) is 7.43. The highest BCUT2D eigenvalue weighted by Gasteiger charge is 2.31. The van der Waals surface area contributed by atoms with Crippen molar-refractivity contribution in [1.82, 2.24) is 9.55 Å². The summed E-state index contributed by atoms with van der Waals surface area (Å²) in [5, 5.41) is 11.4. The van der Waals surface area contributed by atoms with Crippen LogP contribution in [0, 0.1) is 17.0 Å². The lowest BCUT2D eigenvalue weighted by atomic mass is 10.1. The van der Waals surface area contributed by atoms with Crippen molar-refractivity contribution in [3.8, 4) is 0 Å². The van der Waals surface area contributed by atoms with Crippen molar-refractivity contribution >= 4 is 11.6 Å². The number of aromatic nitrogens is 2. The molecular weight excluding hydrogens is 306 g/mol. The number of nitro groups is 1. The predicted octanol–water partition coefficient (Wildman–Crippen LogP) is 3.38. The summed E-state index contributed by atoms with van der Waals surface area (Å²) < 4.78 is 1.60. The second-order valence-corrected chi connectivity index (χ2v) is 5.36. The molecule has 2 aromatic carbocycles. The summed E-state index contributed by atoms with van der Waals surface area (Å²) in [5.41, 5.74) is 1.34. The second-order valence-electron chi connectivity index (χ2n) is 5.36. The van der Waals surface area contributed by atoms with Gasteiger partial charge in [0.1, 0.15) is 0 Å². The third kappa shape index (κ3) is 2.94. The molecule has 0 amide bonds. The minimum Gasteiger partial charge on any atom is -0.358 e. The summed E-state index contributed by atoms with van der Waals surface area (Å²) >= 11 is 0. The van der Waals surface area contributed by atoms with Gasteiger partial charge >= 0.3 is 5.82 Å². The number of carbonyl (C=O) groups is 1. The first-order valence-electron chi connectivity index (χ1n) is 7.43. The van der Waals surface area contributed by atoms with Gasteiger partial charge in [-0.3, -0.25) is 9.36 Å². The Labute approximate surface area is 138 Å². The fraction of sp³-hybridized carbons (Fsp3) is 0.111. The molecule has 1 heterocycles. The Morgan fingerprint density at radius 2 is 1.67 bits per heavy atom. The zero-order valence-electron chi connectivity index (χ0n) is 13.0. The van der Waals surface area contributed by atoms with Crippen LogP contribution in [0.3, 0.4) is 0 Å². The average Bonchev–Trinajstić information content (AvgIpc) is 2.93. The van der Waals surface area contributed by atoms with E-state index in [4.69, 9.17) is 0 Å². The average molecular weight is 321 g/mol. The SMILES string of the molecule is Cc1nc([N+](=O)[O-])c(C(=O)c2ccccc2)n1Cc1ccccc1. The highest BCUT2D eigenvalue weighted by atomic mass is 16.6. The van der Waals surface area contributed by atoms with Gasteiger partial charge in [0, 0.05) is 12.5 Å². The maximum Gasteiger partial charge on any atom is 0.393 e. The molecule has 0 unspecified atom stereocenters. The van der Waals surface area contributed by atoms with Crippen LogP contribution in [0.1, 0.15) is 27.4 Å². The van der Waals surface area contributed by atoms with E-state index in [0.29, 0.717) is 17.9 Å². The molecule has 0 saturated heterocycles. The van der Waals surface area contributed by atoms with Gasteiger partial charge < -0.3 is 10.1 Å². The number of aryl methyl sites for hydroxylation is 1. The summed E-state index contributed by atoms with van der Waals surface area (Å²) in [5.74, 6) is -0.374. The molecule has 120 valence electrons. The van der Waals surface area contributed by atoms with Crippen molar-refractivity contribution in [2.24, 2.45) is 0 Å². The van der Waals surface area contributed by atoms with Crippen molar-refractivity contribution in [1.29, 1.82) is 0 Å². The number of carbonyl (C=O) groups excluding carboxylic acids is 1. The number of imidazole rings is 1. The Balaban J connectivity index is 2.12. The van der Waals surface area contributed by atoms with Crippen molar-refractivity contribution in [2.45, 2.75) is 13.5 Å². The normalized spacial score (nSPS) is 10.5. The third-order valence-corrected chi connectivity index (χ3v) is 3.75. The number of benzene rings is 2. The van der Waals surface area contributed by atoms with E-state index >= 15 is 0 Å². The van der Waals surface area contributed by atoms with Crippen molar-refractivity contribution in [2.75, 3.05) is 0 Å². The van der Waals surface area contributed by atoms with E-state index in [1.165, 1.54) is 0 Å². The van der Waals surface area contributed by atoms with Crippen LogP contribution in [0.15, 0.2) is 60.7 Å². The fourth-order valence-corrected chi connectivity index (χ4v) is 2.59. The molecule has 0 aliphatic rings. The number of hydrogen-bond acceptors (Lipinski definition) is 4. The van der Waals surface area contributed by atoms with Gasteiger partial charge in [0.05, 0.1) is 6.54 Å². The fourth-order valence-electron chi connectivity index (χ4n) is 2.59. The zero-order chi connectivity index (χ0) is 17.1. The van der Waals surface area contributed by atoms with Crippen LogP contribution >= 0.6 is 0 Å². The molecule has 3 rings (SSSR count). The first kappa shape index (κ1) is 15.6. The number of ketones is 1. The molecule has 0 aliphatic heterocycles. The van der Waals surface area contributed by atoms with Crippen molar-refractivity contribution < 1.29 is 9.72 Å². The Bertz CT molecular complexity index is 887. The molecule has 0 N–H and O–H groups in total. The molecule has 0 radical (unpaired) electrons. The largest absolute Gasteiger partial charge is 0.393 e. The van der Waals surface area contributed by atoms with E-state index < -0.39 is 16.5 Å². The highest BCUT2D eigenvalue weighted by molar-refractivity contribution is 6.10. The van der Waals surface area contributed by atoms with E-state index in [1.807, 2.05) is 30.3 Å². The van der Waals surface area contributed by atoms with Crippen molar-refractivity contribution in [3.63, 3.8) is 0 Å². The third-order valence-electron chi connectivity index (χ3n) is 3.75. The lowest BCUT2D eigenvalue weighted by Gasteiger charge is -2.08. The summed E-state index contributed by atoms with van der Waals surface area (Å²) in [6.07, 6.45) is 0. The van der Waals surface area contributed by atoms with Crippen LogP contribution in [0.4, 0.5) is 5.82 Å². The van der Waals surface area contributed by atoms with Crippen LogP contribution in [0.2, 0.25) is 0 Å². The molecule has 0 atom stereocenters. The lowest BCUT2D eigenvalue weighted by Crippen LogP contribution is -2.14. The summed E-state index contributed by atoms with van der Waals surface area (Å²) in [7, 11) is 0. The topological polar surface area (TPSA) is 78.0 Å². The zero-order valence-corrected chi connectivity index (χ0v) is 13.0. The highest BCUT2D eigenvalue weighted by Crippen LogP contribution is 2.24. The van der Waals surface area contributed by atoms with Gasteiger partial charge in [-0.25, -0.2) is 0 Å². The van der Waals surface area contributed by atoms with Gasteiger partial charge in [0.2, 0.25) is 11.6 Å². The minimum absolute atomic E-state index is 0.00699. The Morgan fingerprint density at radius 3 is 2.25 bits per heavy atom. The van der Waals surface area contributed by atoms with Gasteiger partial charge in [0.15, 0.2) is 5.69 Å². The van der Waals surface area contributed by atoms with Gasteiger partial charge in [-0.05, 0) is 15.5 Å². The maximum absolute atomic E-state index is 12.8. The van der Waals surface area contributed by atoms with E-state index in [9.17, 15) is 14.9 Å². The Morgan fingerprint density at radius 1 is 1.08 bits per heavy atom. The van der Waals surface area contributed by atoms with Crippen LogP contribution < -0.4 is 0 Å². The van der Waals surface area contributed by atoms with Gasteiger partial charge in [0.25, 0.3) is 0 Å². The van der Waals surface area contributed by atoms with E-state index in [-0.39, 0.29) is 5.69 Å². The van der Waals surface area contributed by atoms with E-state index in [1.54, 1.807) is 41.8 Å². The van der Waals surface area contributed by atoms with Crippen LogP contribution in [-0.4, -0.2) is 20.3 Å². The molecule has 24 heavy (non-hydrogen) atoms.